The van der Waals surface area contributed by atoms with Crippen molar-refractivity contribution in [3.63, 3.8) is 0 Å². The summed E-state index contributed by atoms with van der Waals surface area (Å²) in [5.74, 6) is -0.115. The van der Waals surface area contributed by atoms with Gasteiger partial charge in [0.15, 0.2) is 5.78 Å². The monoisotopic (exact) mass is 456 g/mol. The molecule has 178 valence electrons. The van der Waals surface area contributed by atoms with Gasteiger partial charge in [-0.3, -0.25) is 4.79 Å². The maximum Gasteiger partial charge on any atom is 0.416 e. The summed E-state index contributed by atoms with van der Waals surface area (Å²) in [7, 11) is 0. The molecule has 0 heterocycles. The lowest BCUT2D eigenvalue weighted by Gasteiger charge is -2.10. The average molecular weight is 457 g/mol. The van der Waals surface area contributed by atoms with Crippen LogP contribution in [0.2, 0.25) is 0 Å². The van der Waals surface area contributed by atoms with Gasteiger partial charge in [-0.1, -0.05) is 87.9 Å². The zero-order chi connectivity index (χ0) is 25.0. The first-order chi connectivity index (χ1) is 15.8. The van der Waals surface area contributed by atoms with Crippen molar-refractivity contribution < 1.29 is 18.0 Å². The molecule has 33 heavy (non-hydrogen) atoms. The maximum absolute atomic E-state index is 12.5. The summed E-state index contributed by atoms with van der Waals surface area (Å²) >= 11 is 0. The molecule has 0 unspecified atom stereocenters. The highest BCUT2D eigenvalue weighted by molar-refractivity contribution is 6.00. The van der Waals surface area contributed by atoms with Crippen molar-refractivity contribution in [2.45, 2.75) is 67.0 Å². The van der Waals surface area contributed by atoms with Gasteiger partial charge in [0.2, 0.25) is 0 Å². The molecule has 1 aliphatic rings. The molecule has 0 amide bonds. The number of ketones is 1. The molecule has 0 bridgehead atoms. The Hall–Kier alpha value is -2.88. The minimum Gasteiger partial charge on any atom is -0.294 e. The normalized spacial score (nSPS) is 11.5. The van der Waals surface area contributed by atoms with Crippen molar-refractivity contribution in [2.75, 3.05) is 0 Å². The number of rotatable bonds is 2. The zero-order valence-electron chi connectivity index (χ0n) is 20.5. The molecule has 0 spiro atoms. The lowest BCUT2D eigenvalue weighted by molar-refractivity contribution is -0.137. The highest BCUT2D eigenvalue weighted by Crippen LogP contribution is 2.32. The Morgan fingerprint density at radius 1 is 0.788 bits per heavy atom. The molecule has 0 radical (unpaired) electrons. The van der Waals surface area contributed by atoms with Crippen LogP contribution in [0.4, 0.5) is 13.2 Å². The van der Waals surface area contributed by atoms with E-state index in [1.54, 1.807) is 35.4 Å². The molecule has 0 atom stereocenters. The van der Waals surface area contributed by atoms with Crippen molar-refractivity contribution in [1.82, 2.24) is 0 Å². The van der Waals surface area contributed by atoms with E-state index >= 15 is 0 Å². The van der Waals surface area contributed by atoms with Crippen molar-refractivity contribution >= 4 is 5.78 Å². The van der Waals surface area contributed by atoms with E-state index in [9.17, 15) is 18.0 Å². The molecule has 0 aliphatic heterocycles. The van der Waals surface area contributed by atoms with Crippen molar-refractivity contribution in [2.24, 2.45) is 0 Å². The van der Waals surface area contributed by atoms with E-state index in [2.05, 4.69) is 25.1 Å². The van der Waals surface area contributed by atoms with Crippen LogP contribution in [0.15, 0.2) is 66.7 Å². The number of benzene rings is 3. The van der Waals surface area contributed by atoms with Crippen LogP contribution < -0.4 is 0 Å². The minimum atomic E-state index is -4.35. The maximum atomic E-state index is 12.5. The number of carbonyl (C=O) groups excluding carboxylic acids is 1. The topological polar surface area (TPSA) is 17.1 Å². The molecule has 4 heteroatoms. The van der Waals surface area contributed by atoms with Gasteiger partial charge in [-0.05, 0) is 67.5 Å². The molecule has 4 rings (SSSR count). The smallest absolute Gasteiger partial charge is 0.294 e. The third-order valence-electron chi connectivity index (χ3n) is 5.08. The molecule has 0 saturated carbocycles. The Morgan fingerprint density at radius 3 is 1.94 bits per heavy atom. The fourth-order valence-corrected chi connectivity index (χ4v) is 3.58. The van der Waals surface area contributed by atoms with Crippen LogP contribution in [-0.2, 0) is 19.0 Å². The second kappa shape index (κ2) is 13.6. The summed E-state index contributed by atoms with van der Waals surface area (Å²) in [4.78, 5) is 11.5. The van der Waals surface area contributed by atoms with Crippen LogP contribution in [0.25, 0.3) is 11.1 Å². The third-order valence-corrected chi connectivity index (χ3v) is 5.08. The molecule has 0 N–H and O–H groups in total. The molecule has 3 aromatic rings. The molecular weight excluding hydrogens is 421 g/mol. The van der Waals surface area contributed by atoms with E-state index < -0.39 is 11.7 Å². The zero-order valence-corrected chi connectivity index (χ0v) is 20.5. The van der Waals surface area contributed by atoms with Crippen LogP contribution in [0, 0.1) is 6.92 Å². The highest BCUT2D eigenvalue weighted by atomic mass is 19.4. The van der Waals surface area contributed by atoms with Gasteiger partial charge in [-0.15, -0.1) is 0 Å². The van der Waals surface area contributed by atoms with Crippen molar-refractivity contribution in [3.8, 4) is 11.1 Å². The third kappa shape index (κ3) is 8.20. The highest BCUT2D eigenvalue weighted by Gasteiger charge is 2.30. The summed E-state index contributed by atoms with van der Waals surface area (Å²) in [6.07, 6.45) is -0.385. The van der Waals surface area contributed by atoms with Crippen LogP contribution in [0.1, 0.15) is 73.7 Å². The van der Waals surface area contributed by atoms with E-state index in [1.807, 2.05) is 27.7 Å². The number of carbonyl (C=O) groups is 1. The largest absolute Gasteiger partial charge is 0.416 e. The summed E-state index contributed by atoms with van der Waals surface area (Å²) < 4.78 is 37.4. The Bertz CT molecular complexity index is 1000. The number of Topliss-reactive ketones (excluding diaryl/α,β-unsaturated/α-hetero) is 1. The molecule has 0 aromatic heterocycles. The Kier molecular flexibility index (Phi) is 11.6. The summed E-state index contributed by atoms with van der Waals surface area (Å²) in [6, 6.07) is 18.5. The first kappa shape index (κ1) is 28.2. The summed E-state index contributed by atoms with van der Waals surface area (Å²) in [6.45, 7) is 11.6. The quantitative estimate of drug-likeness (QED) is 0.351. The predicted molar refractivity (Wildman–Crippen MR) is 133 cm³/mol. The second-order valence-corrected chi connectivity index (χ2v) is 7.30. The lowest BCUT2D eigenvalue weighted by Crippen LogP contribution is -2.04. The molecule has 3 aromatic carbocycles. The van der Waals surface area contributed by atoms with Gasteiger partial charge < -0.3 is 0 Å². The molecule has 0 fully saturated rings. The predicted octanol–water partition coefficient (Wildman–Crippen LogP) is 9.11. The fraction of sp³-hybridized carbons (Fsp3) is 0.345. The Morgan fingerprint density at radius 2 is 1.36 bits per heavy atom. The van der Waals surface area contributed by atoms with Crippen LogP contribution in [0.3, 0.4) is 0 Å². The SMILES string of the molecule is CC.CC.CC(=O)c1ccccc1-c1ccc(C(F)(F)F)cc1.Cc1ccc2c(c1)CCC2. The van der Waals surface area contributed by atoms with Crippen LogP contribution in [-0.4, -0.2) is 5.78 Å². The van der Waals surface area contributed by atoms with E-state index in [1.165, 1.54) is 43.9 Å². The molecule has 0 saturated heterocycles. The number of hydrogen-bond donors (Lipinski definition) is 0. The van der Waals surface area contributed by atoms with Gasteiger partial charge in [-0.25, -0.2) is 0 Å². The van der Waals surface area contributed by atoms with Gasteiger partial charge in [0.25, 0.3) is 0 Å². The average Bonchev–Trinajstić information content (AvgIpc) is 3.29. The number of alkyl halides is 3. The molecule has 1 nitrogen and oxygen atoms in total. The standard InChI is InChI=1S/C15H11F3O.C10H12.2C2H6/c1-10(19)13-4-2-3-5-14(13)11-6-8-12(9-7-11)15(16,17)18;1-8-5-6-9-3-2-4-10(9)7-8;2*1-2/h2-9H,1H3;5-7H,2-4H2,1H3;2*1-2H3. The minimum absolute atomic E-state index is 0.115. The van der Waals surface area contributed by atoms with E-state index in [4.69, 9.17) is 0 Å². The number of halogens is 3. The number of aryl methyl sites for hydroxylation is 3. The van der Waals surface area contributed by atoms with Gasteiger partial charge in [0.1, 0.15) is 0 Å². The van der Waals surface area contributed by atoms with Crippen LogP contribution in [0.5, 0.6) is 0 Å². The Labute approximate surface area is 196 Å². The molecule has 1 aliphatic carbocycles. The van der Waals surface area contributed by atoms with E-state index in [0.29, 0.717) is 16.7 Å². The van der Waals surface area contributed by atoms with E-state index in [0.717, 1.165) is 12.1 Å². The second-order valence-electron chi connectivity index (χ2n) is 7.30. The Balaban J connectivity index is 0.000000325. The van der Waals surface area contributed by atoms with Crippen molar-refractivity contribution in [1.29, 1.82) is 0 Å². The van der Waals surface area contributed by atoms with Gasteiger partial charge in [0, 0.05) is 5.56 Å². The van der Waals surface area contributed by atoms with Crippen molar-refractivity contribution in [3.05, 3.63) is 94.5 Å². The van der Waals surface area contributed by atoms with Gasteiger partial charge in [0.05, 0.1) is 5.56 Å². The lowest BCUT2D eigenvalue weighted by atomic mass is 9.97. The first-order valence-electron chi connectivity index (χ1n) is 11.6. The van der Waals surface area contributed by atoms with Gasteiger partial charge >= 0.3 is 6.18 Å². The van der Waals surface area contributed by atoms with Crippen LogP contribution >= 0.6 is 0 Å². The first-order valence-corrected chi connectivity index (χ1v) is 11.6. The number of hydrogen-bond acceptors (Lipinski definition) is 1. The van der Waals surface area contributed by atoms with Gasteiger partial charge in [-0.2, -0.15) is 13.2 Å². The molecular formula is C29H35F3O. The number of fused-ring (bicyclic) bond motifs is 1. The van der Waals surface area contributed by atoms with E-state index in [-0.39, 0.29) is 5.78 Å². The summed E-state index contributed by atoms with van der Waals surface area (Å²) in [5, 5.41) is 0. The summed E-state index contributed by atoms with van der Waals surface area (Å²) in [5.41, 5.74) is 5.60. The fourth-order valence-electron chi connectivity index (χ4n) is 3.58.